The van der Waals surface area contributed by atoms with Crippen molar-refractivity contribution in [2.24, 2.45) is 0 Å². The molecule has 0 amide bonds. The molecule has 1 rings (SSSR count). The summed E-state index contributed by atoms with van der Waals surface area (Å²) in [5.41, 5.74) is 0.384. The van der Waals surface area contributed by atoms with Crippen molar-refractivity contribution in [1.29, 1.82) is 0 Å². The van der Waals surface area contributed by atoms with Crippen LogP contribution in [0.3, 0.4) is 0 Å². The van der Waals surface area contributed by atoms with Crippen LogP contribution >= 0.6 is 11.6 Å². The van der Waals surface area contributed by atoms with Gasteiger partial charge in [-0.1, -0.05) is 24.9 Å². The van der Waals surface area contributed by atoms with Gasteiger partial charge in [-0.15, -0.1) is 0 Å². The van der Waals surface area contributed by atoms with Crippen LogP contribution in [0.15, 0.2) is 18.2 Å². The number of carbonyl (C=O) groups is 2. The lowest BCUT2D eigenvalue weighted by atomic mass is 10.2. The molecule has 0 fully saturated rings. The first-order valence-electron chi connectivity index (χ1n) is 5.12. The number of hydrogen-bond acceptors (Lipinski definition) is 3. The molecule has 16 heavy (non-hydrogen) atoms. The molecule has 1 aromatic carbocycles. The minimum absolute atomic E-state index is 0.281. The molecule has 0 unspecified atom stereocenters. The number of aldehydes is 1. The predicted molar refractivity (Wildman–Crippen MR) is 62.0 cm³/mol. The molecule has 0 saturated carbocycles. The Labute approximate surface area is 99.4 Å². The number of rotatable bonds is 5. The summed E-state index contributed by atoms with van der Waals surface area (Å²) >= 11 is 5.79. The Bertz CT molecular complexity index is 388. The van der Waals surface area contributed by atoms with Crippen molar-refractivity contribution in [2.45, 2.75) is 26.2 Å². The summed E-state index contributed by atoms with van der Waals surface area (Å²) in [7, 11) is 0. The number of carbonyl (C=O) groups excluding carboxylic acids is 2. The van der Waals surface area contributed by atoms with E-state index < -0.39 is 0 Å². The predicted octanol–water partition coefficient (Wildman–Crippen LogP) is 3.25. The van der Waals surface area contributed by atoms with Crippen molar-refractivity contribution in [1.82, 2.24) is 0 Å². The molecule has 0 aromatic heterocycles. The van der Waals surface area contributed by atoms with Gasteiger partial charge in [0.2, 0.25) is 0 Å². The Morgan fingerprint density at radius 1 is 1.50 bits per heavy atom. The third kappa shape index (κ3) is 3.66. The van der Waals surface area contributed by atoms with E-state index in [-0.39, 0.29) is 11.0 Å². The molecule has 0 heterocycles. The van der Waals surface area contributed by atoms with Crippen LogP contribution in [-0.2, 0) is 4.79 Å². The third-order valence-corrected chi connectivity index (χ3v) is 2.39. The summed E-state index contributed by atoms with van der Waals surface area (Å²) < 4.78 is 5.06. The minimum atomic E-state index is -0.281. The van der Waals surface area contributed by atoms with E-state index in [2.05, 4.69) is 0 Å². The zero-order valence-corrected chi connectivity index (χ0v) is 9.79. The van der Waals surface area contributed by atoms with Crippen LogP contribution in [0.4, 0.5) is 0 Å². The maximum Gasteiger partial charge on any atom is 0.311 e. The fourth-order valence-corrected chi connectivity index (χ4v) is 1.39. The van der Waals surface area contributed by atoms with Crippen molar-refractivity contribution in [3.8, 4) is 5.75 Å². The van der Waals surface area contributed by atoms with E-state index in [0.29, 0.717) is 24.0 Å². The van der Waals surface area contributed by atoms with E-state index in [1.54, 1.807) is 6.07 Å². The number of hydrogen-bond donors (Lipinski definition) is 0. The van der Waals surface area contributed by atoms with E-state index in [9.17, 15) is 9.59 Å². The van der Waals surface area contributed by atoms with Gasteiger partial charge in [0.25, 0.3) is 0 Å². The summed E-state index contributed by atoms with van der Waals surface area (Å²) in [6.45, 7) is 2.00. The van der Waals surface area contributed by atoms with E-state index >= 15 is 0 Å². The lowest BCUT2D eigenvalue weighted by molar-refractivity contribution is -0.134. The van der Waals surface area contributed by atoms with Gasteiger partial charge in [-0.2, -0.15) is 0 Å². The first kappa shape index (κ1) is 12.7. The summed E-state index contributed by atoms with van der Waals surface area (Å²) in [6.07, 6.45) is 2.80. The average Bonchev–Trinajstić information content (AvgIpc) is 2.26. The molecule has 0 saturated heterocycles. The molecule has 1 aromatic rings. The largest absolute Gasteiger partial charge is 0.426 e. The topological polar surface area (TPSA) is 43.4 Å². The monoisotopic (exact) mass is 240 g/mol. The summed E-state index contributed by atoms with van der Waals surface area (Å²) in [5.74, 6) is 0.0912. The van der Waals surface area contributed by atoms with Crippen molar-refractivity contribution < 1.29 is 14.3 Å². The highest BCUT2D eigenvalue weighted by atomic mass is 35.5. The number of unbranched alkanes of at least 4 members (excludes halogenated alkanes) is 1. The maximum atomic E-state index is 11.3. The normalized spacial score (nSPS) is 9.88. The zero-order valence-electron chi connectivity index (χ0n) is 9.03. The highest BCUT2D eigenvalue weighted by Crippen LogP contribution is 2.21. The fourth-order valence-electron chi connectivity index (χ4n) is 1.17. The van der Waals surface area contributed by atoms with Crippen molar-refractivity contribution in [2.75, 3.05) is 0 Å². The quantitative estimate of drug-likeness (QED) is 0.451. The Balaban J connectivity index is 2.64. The number of esters is 1. The molecular formula is C12H13ClO3. The standard InChI is InChI=1S/C12H13ClO3/c1-2-3-4-12(15)16-10-6-5-9(8-14)11(13)7-10/h5-8H,2-4H2,1H3. The summed E-state index contributed by atoms with van der Waals surface area (Å²) in [4.78, 5) is 21.8. The van der Waals surface area contributed by atoms with Gasteiger partial charge in [0, 0.05) is 18.1 Å². The second-order valence-corrected chi connectivity index (χ2v) is 3.79. The zero-order chi connectivity index (χ0) is 12.0. The van der Waals surface area contributed by atoms with Crippen LogP contribution in [0.5, 0.6) is 5.75 Å². The smallest absolute Gasteiger partial charge is 0.311 e. The van der Waals surface area contributed by atoms with Gasteiger partial charge in [-0.25, -0.2) is 0 Å². The van der Waals surface area contributed by atoms with Gasteiger partial charge in [-0.05, 0) is 18.6 Å². The maximum absolute atomic E-state index is 11.3. The summed E-state index contributed by atoms with van der Waals surface area (Å²) in [5, 5.41) is 0.288. The molecular weight excluding hydrogens is 228 g/mol. The average molecular weight is 241 g/mol. The molecule has 0 aliphatic carbocycles. The highest BCUT2D eigenvalue weighted by Gasteiger charge is 2.06. The lowest BCUT2D eigenvalue weighted by Gasteiger charge is -2.04. The van der Waals surface area contributed by atoms with E-state index in [1.807, 2.05) is 6.92 Å². The van der Waals surface area contributed by atoms with Crippen LogP contribution in [0.2, 0.25) is 5.02 Å². The summed E-state index contributed by atoms with van der Waals surface area (Å²) in [6, 6.07) is 4.55. The van der Waals surface area contributed by atoms with Gasteiger partial charge in [0.1, 0.15) is 5.75 Å². The lowest BCUT2D eigenvalue weighted by Crippen LogP contribution is -2.07. The SMILES string of the molecule is CCCCC(=O)Oc1ccc(C=O)c(Cl)c1. The van der Waals surface area contributed by atoms with Gasteiger partial charge >= 0.3 is 5.97 Å². The van der Waals surface area contributed by atoms with Gasteiger partial charge in [-0.3, -0.25) is 9.59 Å². The number of ether oxygens (including phenoxy) is 1. The van der Waals surface area contributed by atoms with Crippen molar-refractivity contribution in [3.63, 3.8) is 0 Å². The molecule has 0 bridgehead atoms. The first-order valence-corrected chi connectivity index (χ1v) is 5.50. The second kappa shape index (κ2) is 6.28. The number of halogens is 1. The molecule has 0 radical (unpaired) electrons. The van der Waals surface area contributed by atoms with Gasteiger partial charge in [0.15, 0.2) is 6.29 Å². The molecule has 0 atom stereocenters. The molecule has 0 aliphatic rings. The van der Waals surface area contributed by atoms with Crippen molar-refractivity contribution in [3.05, 3.63) is 28.8 Å². The van der Waals surface area contributed by atoms with Gasteiger partial charge in [0.05, 0.1) is 5.02 Å². The molecule has 0 spiro atoms. The fraction of sp³-hybridized carbons (Fsp3) is 0.333. The van der Waals surface area contributed by atoms with Crippen LogP contribution in [0.1, 0.15) is 36.5 Å². The second-order valence-electron chi connectivity index (χ2n) is 3.38. The molecule has 0 aliphatic heterocycles. The van der Waals surface area contributed by atoms with E-state index in [0.717, 1.165) is 12.8 Å². The van der Waals surface area contributed by atoms with Crippen LogP contribution in [0.25, 0.3) is 0 Å². The van der Waals surface area contributed by atoms with Crippen LogP contribution in [0, 0.1) is 0 Å². The molecule has 0 N–H and O–H groups in total. The third-order valence-electron chi connectivity index (χ3n) is 2.07. The first-order chi connectivity index (χ1) is 7.67. The Morgan fingerprint density at radius 3 is 2.81 bits per heavy atom. The Morgan fingerprint density at radius 2 is 2.25 bits per heavy atom. The molecule has 3 nitrogen and oxygen atoms in total. The highest BCUT2D eigenvalue weighted by molar-refractivity contribution is 6.33. The van der Waals surface area contributed by atoms with E-state index in [1.165, 1.54) is 12.1 Å². The Hall–Kier alpha value is -1.35. The minimum Gasteiger partial charge on any atom is -0.426 e. The van der Waals surface area contributed by atoms with Crippen LogP contribution in [-0.4, -0.2) is 12.3 Å². The molecule has 4 heteroatoms. The van der Waals surface area contributed by atoms with Crippen molar-refractivity contribution >= 4 is 23.9 Å². The van der Waals surface area contributed by atoms with Gasteiger partial charge < -0.3 is 4.74 Å². The Kier molecular flexibility index (Phi) is 4.99. The van der Waals surface area contributed by atoms with E-state index in [4.69, 9.17) is 16.3 Å². The number of benzene rings is 1. The molecule has 86 valence electrons. The van der Waals surface area contributed by atoms with Crippen LogP contribution < -0.4 is 4.74 Å².